The normalized spacial score (nSPS) is 11.9. The lowest BCUT2D eigenvalue weighted by molar-refractivity contribution is 0.236. The molecule has 2 rings (SSSR count). The molecule has 6 heteroatoms. The molecule has 0 spiro atoms. The van der Waals surface area contributed by atoms with Gasteiger partial charge in [-0.2, -0.15) is 0 Å². The molecule has 1 aromatic carbocycles. The van der Waals surface area contributed by atoms with Gasteiger partial charge in [-0.3, -0.25) is 0 Å². The second-order valence-corrected chi connectivity index (χ2v) is 5.73. The van der Waals surface area contributed by atoms with Crippen molar-refractivity contribution in [1.82, 2.24) is 20.2 Å². The minimum atomic E-state index is -0.135. The molecule has 0 saturated carbocycles. The van der Waals surface area contributed by atoms with Crippen molar-refractivity contribution in [3.63, 3.8) is 0 Å². The molecule has 118 valence electrons. The number of aryl methyl sites for hydroxylation is 1. The fourth-order valence-electron chi connectivity index (χ4n) is 2.18. The minimum Gasteiger partial charge on any atom is -0.338 e. The first-order valence-corrected chi connectivity index (χ1v) is 7.76. The molecule has 2 aromatic rings. The van der Waals surface area contributed by atoms with E-state index in [0.29, 0.717) is 13.1 Å². The fourth-order valence-corrected chi connectivity index (χ4v) is 2.30. The first-order chi connectivity index (χ1) is 10.6. The molecular weight excluding hydrogens is 300 g/mol. The Labute approximate surface area is 135 Å². The van der Waals surface area contributed by atoms with Crippen LogP contribution in [0.5, 0.6) is 0 Å². The Hall–Kier alpha value is -2.01. The molecule has 0 aliphatic carbocycles. The van der Waals surface area contributed by atoms with Crippen LogP contribution >= 0.6 is 11.6 Å². The Bertz CT molecular complexity index is 568. The van der Waals surface area contributed by atoms with Gasteiger partial charge in [0, 0.05) is 36.5 Å². The highest BCUT2D eigenvalue weighted by Gasteiger charge is 2.06. The van der Waals surface area contributed by atoms with E-state index in [0.717, 1.165) is 17.9 Å². The third kappa shape index (κ3) is 5.77. The van der Waals surface area contributed by atoms with Crippen LogP contribution in [0.15, 0.2) is 43.0 Å². The van der Waals surface area contributed by atoms with E-state index in [1.54, 1.807) is 12.5 Å². The zero-order valence-corrected chi connectivity index (χ0v) is 13.4. The van der Waals surface area contributed by atoms with Gasteiger partial charge in [0.25, 0.3) is 0 Å². The standard InChI is InChI=1S/C16H21ClN4O/c1-13(11-21-10-9-18-12-21)20-16(22)19-8-2-3-14-4-6-15(17)7-5-14/h4-7,9-10,12-13H,2-3,8,11H2,1H3,(H2,19,20,22). The molecule has 0 saturated heterocycles. The Morgan fingerprint density at radius 3 is 2.82 bits per heavy atom. The number of urea groups is 1. The van der Waals surface area contributed by atoms with Crippen LogP contribution in [0.25, 0.3) is 0 Å². The maximum atomic E-state index is 11.8. The Morgan fingerprint density at radius 1 is 1.36 bits per heavy atom. The van der Waals surface area contributed by atoms with Gasteiger partial charge in [-0.15, -0.1) is 0 Å². The first kappa shape index (κ1) is 16.4. The summed E-state index contributed by atoms with van der Waals surface area (Å²) in [5, 5.41) is 6.53. The van der Waals surface area contributed by atoms with Crippen LogP contribution in [0.3, 0.4) is 0 Å². The highest BCUT2D eigenvalue weighted by atomic mass is 35.5. The van der Waals surface area contributed by atoms with Gasteiger partial charge in [-0.05, 0) is 37.5 Å². The number of halogens is 1. The van der Waals surface area contributed by atoms with Gasteiger partial charge in [0.15, 0.2) is 0 Å². The SMILES string of the molecule is CC(Cn1ccnc1)NC(=O)NCCCc1ccc(Cl)cc1. The van der Waals surface area contributed by atoms with Crippen molar-refractivity contribution in [2.24, 2.45) is 0 Å². The molecule has 0 aliphatic rings. The fraction of sp³-hybridized carbons (Fsp3) is 0.375. The van der Waals surface area contributed by atoms with Crippen molar-refractivity contribution in [1.29, 1.82) is 0 Å². The Balaban J connectivity index is 1.60. The van der Waals surface area contributed by atoms with Gasteiger partial charge in [0.2, 0.25) is 0 Å². The zero-order chi connectivity index (χ0) is 15.8. The van der Waals surface area contributed by atoms with Crippen LogP contribution in [0.1, 0.15) is 18.9 Å². The number of nitrogens with zero attached hydrogens (tertiary/aromatic N) is 2. The monoisotopic (exact) mass is 320 g/mol. The van der Waals surface area contributed by atoms with Crippen LogP contribution < -0.4 is 10.6 Å². The van der Waals surface area contributed by atoms with Crippen LogP contribution in [-0.2, 0) is 13.0 Å². The van der Waals surface area contributed by atoms with Crippen LogP contribution in [0.4, 0.5) is 4.79 Å². The van der Waals surface area contributed by atoms with Crippen LogP contribution in [0.2, 0.25) is 5.02 Å². The molecule has 2 N–H and O–H groups in total. The van der Waals surface area contributed by atoms with Crippen molar-refractivity contribution < 1.29 is 4.79 Å². The third-order valence-electron chi connectivity index (χ3n) is 3.26. The van der Waals surface area contributed by atoms with Crippen LogP contribution in [0, 0.1) is 0 Å². The summed E-state index contributed by atoms with van der Waals surface area (Å²) in [7, 11) is 0. The molecule has 0 bridgehead atoms. The summed E-state index contributed by atoms with van der Waals surface area (Å²) in [5.41, 5.74) is 1.22. The van der Waals surface area contributed by atoms with Gasteiger partial charge in [0.05, 0.1) is 6.33 Å². The van der Waals surface area contributed by atoms with E-state index < -0.39 is 0 Å². The van der Waals surface area contributed by atoms with Crippen molar-refractivity contribution in [2.75, 3.05) is 6.54 Å². The predicted molar refractivity (Wildman–Crippen MR) is 88.0 cm³/mol. The summed E-state index contributed by atoms with van der Waals surface area (Å²) in [4.78, 5) is 15.7. The van der Waals surface area contributed by atoms with E-state index in [4.69, 9.17) is 11.6 Å². The number of carbonyl (C=O) groups excluding carboxylic acids is 1. The number of rotatable bonds is 7. The smallest absolute Gasteiger partial charge is 0.315 e. The number of hydrogen-bond acceptors (Lipinski definition) is 2. The predicted octanol–water partition coefficient (Wildman–Crippen LogP) is 2.86. The molecule has 2 amide bonds. The number of aromatic nitrogens is 2. The summed E-state index contributed by atoms with van der Waals surface area (Å²) in [6, 6.07) is 7.70. The van der Waals surface area contributed by atoms with Crippen molar-refractivity contribution in [3.8, 4) is 0 Å². The molecule has 1 aromatic heterocycles. The van der Waals surface area contributed by atoms with Crippen LogP contribution in [-0.4, -0.2) is 28.2 Å². The third-order valence-corrected chi connectivity index (χ3v) is 3.51. The molecule has 1 atom stereocenters. The average Bonchev–Trinajstić information content (AvgIpc) is 2.98. The average molecular weight is 321 g/mol. The first-order valence-electron chi connectivity index (χ1n) is 7.38. The maximum absolute atomic E-state index is 11.8. The summed E-state index contributed by atoms with van der Waals surface area (Å²) >= 11 is 5.84. The van der Waals surface area contributed by atoms with Gasteiger partial charge < -0.3 is 15.2 Å². The number of benzene rings is 1. The highest BCUT2D eigenvalue weighted by Crippen LogP contribution is 2.10. The minimum absolute atomic E-state index is 0.0467. The van der Waals surface area contributed by atoms with Crippen molar-refractivity contribution >= 4 is 17.6 Å². The number of imidazole rings is 1. The highest BCUT2D eigenvalue weighted by molar-refractivity contribution is 6.30. The number of hydrogen-bond donors (Lipinski definition) is 2. The van der Waals surface area contributed by atoms with Gasteiger partial charge >= 0.3 is 6.03 Å². The zero-order valence-electron chi connectivity index (χ0n) is 12.6. The molecular formula is C16H21ClN4O. The second-order valence-electron chi connectivity index (χ2n) is 5.29. The van der Waals surface area contributed by atoms with Crippen molar-refractivity contribution in [2.45, 2.75) is 32.4 Å². The van der Waals surface area contributed by atoms with E-state index in [1.807, 2.05) is 42.0 Å². The van der Waals surface area contributed by atoms with E-state index in [2.05, 4.69) is 15.6 Å². The van der Waals surface area contributed by atoms with E-state index in [-0.39, 0.29) is 12.1 Å². The lowest BCUT2D eigenvalue weighted by Crippen LogP contribution is -2.42. The molecule has 1 unspecified atom stereocenters. The second kappa shape index (κ2) is 8.44. The lowest BCUT2D eigenvalue weighted by Gasteiger charge is -2.15. The Kier molecular flexibility index (Phi) is 6.27. The molecule has 0 aliphatic heterocycles. The van der Waals surface area contributed by atoms with E-state index in [9.17, 15) is 4.79 Å². The molecule has 22 heavy (non-hydrogen) atoms. The molecule has 0 radical (unpaired) electrons. The molecule has 0 fully saturated rings. The summed E-state index contributed by atoms with van der Waals surface area (Å²) < 4.78 is 1.94. The maximum Gasteiger partial charge on any atom is 0.315 e. The summed E-state index contributed by atoms with van der Waals surface area (Å²) in [6.07, 6.45) is 7.15. The summed E-state index contributed by atoms with van der Waals surface area (Å²) in [6.45, 7) is 3.32. The lowest BCUT2D eigenvalue weighted by atomic mass is 10.1. The van der Waals surface area contributed by atoms with Gasteiger partial charge in [0.1, 0.15) is 0 Å². The van der Waals surface area contributed by atoms with Crippen molar-refractivity contribution in [3.05, 3.63) is 53.6 Å². The van der Waals surface area contributed by atoms with Gasteiger partial charge in [-0.25, -0.2) is 9.78 Å². The van der Waals surface area contributed by atoms with E-state index in [1.165, 1.54) is 5.56 Å². The number of carbonyl (C=O) groups is 1. The Morgan fingerprint density at radius 2 is 2.14 bits per heavy atom. The quantitative estimate of drug-likeness (QED) is 0.771. The van der Waals surface area contributed by atoms with E-state index >= 15 is 0 Å². The summed E-state index contributed by atoms with van der Waals surface area (Å²) in [5.74, 6) is 0. The molecule has 5 nitrogen and oxygen atoms in total. The van der Waals surface area contributed by atoms with Gasteiger partial charge in [-0.1, -0.05) is 23.7 Å². The molecule has 1 heterocycles. The number of amides is 2. The number of nitrogens with one attached hydrogen (secondary N) is 2. The topological polar surface area (TPSA) is 59.0 Å². The largest absolute Gasteiger partial charge is 0.338 e.